The first-order valence-electron chi connectivity index (χ1n) is 8.48. The minimum Gasteiger partial charge on any atom is -0.320 e. The van der Waals surface area contributed by atoms with Crippen molar-refractivity contribution in [3.63, 3.8) is 0 Å². The first kappa shape index (κ1) is 17.8. The molecule has 1 atom stereocenters. The Morgan fingerprint density at radius 2 is 2.00 bits per heavy atom. The smallest absolute Gasteiger partial charge is 0.0971 e. The van der Waals surface area contributed by atoms with E-state index in [2.05, 4.69) is 25.6 Å². The van der Waals surface area contributed by atoms with Crippen molar-refractivity contribution in [2.45, 2.75) is 39.0 Å². The molecule has 0 amide bonds. The molecule has 0 aromatic heterocycles. The van der Waals surface area contributed by atoms with Gasteiger partial charge in [-0.25, -0.2) is 0 Å². The molecule has 0 aliphatic carbocycles. The van der Waals surface area contributed by atoms with Crippen LogP contribution in [0.25, 0.3) is 0 Å². The lowest BCUT2D eigenvalue weighted by atomic mass is 9.93. The molecular formula is C19H28Cl2N+. The molecule has 1 aliphatic rings. The number of nitrogens with zero attached hydrogens (tertiary/aromatic N) is 1. The third kappa shape index (κ3) is 4.75. The molecular weight excluding hydrogens is 313 g/mol. The van der Waals surface area contributed by atoms with Crippen LogP contribution < -0.4 is 0 Å². The Balaban J connectivity index is 2.10. The van der Waals surface area contributed by atoms with Crippen molar-refractivity contribution < 1.29 is 4.48 Å². The fraction of sp³-hybridized carbons (Fsp3) is 0.579. The van der Waals surface area contributed by atoms with E-state index in [0.29, 0.717) is 5.92 Å². The highest BCUT2D eigenvalue weighted by Gasteiger charge is 2.33. The molecule has 0 spiro atoms. The molecule has 1 fully saturated rings. The van der Waals surface area contributed by atoms with Gasteiger partial charge in [-0.05, 0) is 36.6 Å². The van der Waals surface area contributed by atoms with Crippen LogP contribution in [0, 0.1) is 5.92 Å². The van der Waals surface area contributed by atoms with Crippen molar-refractivity contribution in [1.82, 2.24) is 0 Å². The van der Waals surface area contributed by atoms with Crippen LogP contribution in [-0.4, -0.2) is 30.7 Å². The summed E-state index contributed by atoms with van der Waals surface area (Å²) in [6.45, 7) is 11.2. The molecule has 1 unspecified atom stereocenters. The summed E-state index contributed by atoms with van der Waals surface area (Å²) in [5, 5.41) is 1.53. The van der Waals surface area contributed by atoms with E-state index < -0.39 is 0 Å². The molecule has 1 aromatic rings. The molecule has 1 aromatic carbocycles. The number of rotatable bonds is 8. The average molecular weight is 341 g/mol. The summed E-state index contributed by atoms with van der Waals surface area (Å²) in [6.07, 6.45) is 8.35. The zero-order valence-electron chi connectivity index (χ0n) is 13.7. The van der Waals surface area contributed by atoms with Crippen molar-refractivity contribution in [2.75, 3.05) is 26.2 Å². The Bertz CT molecular complexity index is 492. The van der Waals surface area contributed by atoms with Gasteiger partial charge in [-0.15, -0.1) is 0 Å². The number of quaternary nitrogens is 1. The monoisotopic (exact) mass is 340 g/mol. The molecule has 1 nitrogen and oxygen atoms in total. The fourth-order valence-corrected chi connectivity index (χ4v) is 4.42. The molecule has 1 heterocycles. The lowest BCUT2D eigenvalue weighted by Gasteiger charge is -2.36. The van der Waals surface area contributed by atoms with E-state index in [9.17, 15) is 0 Å². The third-order valence-corrected chi connectivity index (χ3v) is 5.48. The molecule has 22 heavy (non-hydrogen) atoms. The predicted octanol–water partition coefficient (Wildman–Crippen LogP) is 5.75. The van der Waals surface area contributed by atoms with Gasteiger partial charge in [-0.2, -0.15) is 0 Å². The van der Waals surface area contributed by atoms with Gasteiger partial charge in [0.05, 0.1) is 26.2 Å². The van der Waals surface area contributed by atoms with E-state index >= 15 is 0 Å². The summed E-state index contributed by atoms with van der Waals surface area (Å²) < 4.78 is 1.22. The SMILES string of the molecule is C=CC[N+]1(CC(CCC)Cc2ccc(Cl)cc2Cl)CCCC1. The highest BCUT2D eigenvalue weighted by atomic mass is 35.5. The number of hydrogen-bond acceptors (Lipinski definition) is 0. The molecule has 0 N–H and O–H groups in total. The quantitative estimate of drug-likeness (QED) is 0.417. The molecule has 2 rings (SSSR count). The minimum atomic E-state index is 0.682. The van der Waals surface area contributed by atoms with Gasteiger partial charge >= 0.3 is 0 Å². The topological polar surface area (TPSA) is 0 Å². The molecule has 1 saturated heterocycles. The summed E-state index contributed by atoms with van der Waals surface area (Å²) in [5.74, 6) is 0.682. The predicted molar refractivity (Wildman–Crippen MR) is 97.7 cm³/mol. The zero-order valence-corrected chi connectivity index (χ0v) is 15.2. The van der Waals surface area contributed by atoms with Crippen LogP contribution in [0.4, 0.5) is 0 Å². The summed E-state index contributed by atoms with van der Waals surface area (Å²) in [5.41, 5.74) is 1.24. The van der Waals surface area contributed by atoms with E-state index in [1.54, 1.807) is 0 Å². The fourth-order valence-electron chi connectivity index (χ4n) is 3.93. The van der Waals surface area contributed by atoms with Crippen LogP contribution in [0.3, 0.4) is 0 Å². The minimum absolute atomic E-state index is 0.682. The Hall–Kier alpha value is -0.500. The van der Waals surface area contributed by atoms with Gasteiger partial charge < -0.3 is 4.48 Å². The van der Waals surface area contributed by atoms with Crippen LogP contribution in [-0.2, 0) is 6.42 Å². The van der Waals surface area contributed by atoms with Gasteiger partial charge in [0.25, 0.3) is 0 Å². The Labute approximate surface area is 145 Å². The van der Waals surface area contributed by atoms with E-state index in [0.717, 1.165) is 23.0 Å². The number of halogens is 2. The normalized spacial score (nSPS) is 18.3. The highest BCUT2D eigenvalue weighted by molar-refractivity contribution is 6.35. The lowest BCUT2D eigenvalue weighted by Crippen LogP contribution is -2.48. The zero-order chi connectivity index (χ0) is 16.0. The van der Waals surface area contributed by atoms with Gasteiger partial charge in [0.2, 0.25) is 0 Å². The third-order valence-electron chi connectivity index (χ3n) is 4.90. The van der Waals surface area contributed by atoms with Crippen molar-refractivity contribution in [1.29, 1.82) is 0 Å². The number of hydrogen-bond donors (Lipinski definition) is 0. The second-order valence-corrected chi connectivity index (χ2v) is 7.59. The average Bonchev–Trinajstić information content (AvgIpc) is 2.91. The summed E-state index contributed by atoms with van der Waals surface area (Å²) in [7, 11) is 0. The standard InChI is InChI=1S/C19H28Cl2N/c1-3-7-16(13-17-8-9-18(20)14-19(17)21)15-22(10-4-2)11-5-6-12-22/h4,8-9,14,16H,2-3,5-7,10-13,15H2,1H3/q+1. The van der Waals surface area contributed by atoms with Gasteiger partial charge in [-0.3, -0.25) is 0 Å². The maximum atomic E-state index is 6.38. The van der Waals surface area contributed by atoms with Crippen LogP contribution >= 0.6 is 23.2 Å². The summed E-state index contributed by atoms with van der Waals surface area (Å²) >= 11 is 12.4. The molecule has 0 bridgehead atoms. The lowest BCUT2D eigenvalue weighted by molar-refractivity contribution is -0.914. The first-order chi connectivity index (χ1) is 10.6. The Kier molecular flexibility index (Phi) is 6.80. The van der Waals surface area contributed by atoms with Crippen molar-refractivity contribution >= 4 is 23.2 Å². The van der Waals surface area contributed by atoms with Crippen LogP contribution in [0.15, 0.2) is 30.9 Å². The molecule has 0 radical (unpaired) electrons. The number of benzene rings is 1. The van der Waals surface area contributed by atoms with Crippen LogP contribution in [0.5, 0.6) is 0 Å². The second-order valence-electron chi connectivity index (χ2n) is 6.74. The molecule has 3 heteroatoms. The van der Waals surface area contributed by atoms with Crippen LogP contribution in [0.2, 0.25) is 10.0 Å². The van der Waals surface area contributed by atoms with E-state index in [4.69, 9.17) is 23.2 Å². The van der Waals surface area contributed by atoms with Crippen molar-refractivity contribution in [3.05, 3.63) is 46.5 Å². The maximum Gasteiger partial charge on any atom is 0.0971 e. The van der Waals surface area contributed by atoms with Crippen molar-refractivity contribution in [3.8, 4) is 0 Å². The maximum absolute atomic E-state index is 6.38. The molecule has 0 saturated carbocycles. The van der Waals surface area contributed by atoms with E-state index in [1.807, 2.05) is 12.1 Å². The molecule has 122 valence electrons. The van der Waals surface area contributed by atoms with Crippen molar-refractivity contribution in [2.24, 2.45) is 5.92 Å². The largest absolute Gasteiger partial charge is 0.320 e. The van der Waals surface area contributed by atoms with Gasteiger partial charge in [0.15, 0.2) is 0 Å². The summed E-state index contributed by atoms with van der Waals surface area (Å²) in [6, 6.07) is 5.91. The first-order valence-corrected chi connectivity index (χ1v) is 9.24. The van der Waals surface area contributed by atoms with Crippen LogP contribution in [0.1, 0.15) is 38.2 Å². The van der Waals surface area contributed by atoms with Gasteiger partial charge in [-0.1, -0.05) is 49.2 Å². The summed E-state index contributed by atoms with van der Waals surface area (Å²) in [4.78, 5) is 0. The van der Waals surface area contributed by atoms with Gasteiger partial charge in [0.1, 0.15) is 0 Å². The highest BCUT2D eigenvalue weighted by Crippen LogP contribution is 2.28. The second kappa shape index (κ2) is 8.38. The molecule has 1 aliphatic heterocycles. The Morgan fingerprint density at radius 3 is 2.59 bits per heavy atom. The van der Waals surface area contributed by atoms with E-state index in [1.165, 1.54) is 55.4 Å². The number of likely N-dealkylation sites (tertiary alicyclic amines) is 1. The van der Waals surface area contributed by atoms with Gasteiger partial charge in [0, 0.05) is 28.8 Å². The van der Waals surface area contributed by atoms with E-state index in [-0.39, 0.29) is 0 Å². The Morgan fingerprint density at radius 1 is 1.27 bits per heavy atom.